The predicted molar refractivity (Wildman–Crippen MR) is 81.3 cm³/mol. The normalized spacial score (nSPS) is 17.3. The number of hydrogen-bond acceptors (Lipinski definition) is 4. The van der Waals surface area contributed by atoms with Crippen LogP contribution in [0, 0.1) is 0 Å². The molecule has 5 nitrogen and oxygen atoms in total. The molecule has 0 aliphatic heterocycles. The van der Waals surface area contributed by atoms with E-state index in [0.29, 0.717) is 34.4 Å². The first kappa shape index (κ1) is 15.9. The van der Waals surface area contributed by atoms with Crippen LogP contribution in [0.25, 0.3) is 0 Å². The average molecular weight is 359 g/mol. The van der Waals surface area contributed by atoms with Crippen molar-refractivity contribution in [3.63, 3.8) is 0 Å². The molecular weight excluding hydrogens is 340 g/mol. The second-order valence-corrected chi connectivity index (χ2v) is 6.12. The minimum atomic E-state index is -1.13. The van der Waals surface area contributed by atoms with Crippen LogP contribution >= 0.6 is 15.9 Å². The number of carboxylic acid groups (broad SMARTS) is 1. The van der Waals surface area contributed by atoms with E-state index in [4.69, 9.17) is 9.47 Å². The van der Waals surface area contributed by atoms with Crippen LogP contribution < -0.4 is 9.47 Å². The van der Waals surface area contributed by atoms with Gasteiger partial charge in [0.1, 0.15) is 11.2 Å². The van der Waals surface area contributed by atoms with E-state index in [0.717, 1.165) is 19.3 Å². The molecule has 0 atom stereocenters. The Morgan fingerprint density at radius 3 is 2.33 bits per heavy atom. The Bertz CT molecular complexity index is 549. The summed E-state index contributed by atoms with van der Waals surface area (Å²) in [5.74, 6) is -0.321. The molecule has 2 rings (SSSR count). The van der Waals surface area contributed by atoms with E-state index in [1.54, 1.807) is 6.07 Å². The van der Waals surface area contributed by atoms with Crippen LogP contribution in [0.3, 0.4) is 0 Å². The maximum absolute atomic E-state index is 12.0. The van der Waals surface area contributed by atoms with Crippen molar-refractivity contribution in [2.75, 3.05) is 14.2 Å². The Morgan fingerprint density at radius 1 is 1.24 bits per heavy atom. The van der Waals surface area contributed by atoms with Gasteiger partial charge in [-0.3, -0.25) is 4.79 Å². The smallest absolute Gasteiger partial charge is 0.314 e. The third kappa shape index (κ3) is 2.57. The van der Waals surface area contributed by atoms with E-state index >= 15 is 0 Å². The second-order valence-electron chi connectivity index (χ2n) is 5.27. The Labute approximate surface area is 132 Å². The maximum Gasteiger partial charge on any atom is 0.314 e. The Kier molecular flexibility index (Phi) is 4.66. The van der Waals surface area contributed by atoms with Crippen molar-refractivity contribution in [1.82, 2.24) is 0 Å². The molecule has 0 saturated heterocycles. The van der Waals surface area contributed by atoms with Crippen LogP contribution in [0.4, 0.5) is 0 Å². The third-order valence-electron chi connectivity index (χ3n) is 4.19. The number of phenolic OH excluding ortho intramolecular Hbond substituents is 1. The number of benzene rings is 1. The molecule has 0 radical (unpaired) electrons. The highest BCUT2D eigenvalue weighted by atomic mass is 79.9. The summed E-state index contributed by atoms with van der Waals surface area (Å²) in [7, 11) is 2.94. The molecule has 0 bridgehead atoms. The Balaban J connectivity index is 2.75. The van der Waals surface area contributed by atoms with Gasteiger partial charge in [-0.05, 0) is 28.8 Å². The Morgan fingerprint density at radius 2 is 1.86 bits per heavy atom. The largest absolute Gasteiger partial charge is 0.506 e. The van der Waals surface area contributed by atoms with E-state index < -0.39 is 11.4 Å². The fourth-order valence-corrected chi connectivity index (χ4v) is 3.53. The molecule has 0 aromatic heterocycles. The lowest BCUT2D eigenvalue weighted by atomic mass is 9.68. The fraction of sp³-hybridized carbons (Fsp3) is 0.533. The van der Waals surface area contributed by atoms with Crippen molar-refractivity contribution >= 4 is 21.9 Å². The lowest BCUT2D eigenvalue weighted by Crippen LogP contribution is -2.38. The number of carboxylic acids is 1. The maximum atomic E-state index is 12.0. The van der Waals surface area contributed by atoms with Gasteiger partial charge in [-0.25, -0.2) is 0 Å². The zero-order valence-electron chi connectivity index (χ0n) is 12.1. The highest BCUT2D eigenvalue weighted by molar-refractivity contribution is 9.10. The van der Waals surface area contributed by atoms with Crippen LogP contribution in [0.1, 0.15) is 37.7 Å². The second kappa shape index (κ2) is 6.13. The van der Waals surface area contributed by atoms with Gasteiger partial charge in [0.2, 0.25) is 0 Å². The minimum Gasteiger partial charge on any atom is -0.506 e. The SMILES string of the molecule is COc1cc(Br)c(O)c(C2(C(=O)O)CCCCC2)c1OC. The summed E-state index contributed by atoms with van der Waals surface area (Å²) < 4.78 is 11.0. The number of carbonyl (C=O) groups is 1. The summed E-state index contributed by atoms with van der Waals surface area (Å²) in [6, 6.07) is 1.58. The van der Waals surface area contributed by atoms with E-state index in [1.165, 1.54) is 14.2 Å². The summed E-state index contributed by atoms with van der Waals surface area (Å²) in [5, 5.41) is 20.3. The summed E-state index contributed by atoms with van der Waals surface area (Å²) in [4.78, 5) is 12.0. The molecule has 1 aromatic carbocycles. The highest BCUT2D eigenvalue weighted by Gasteiger charge is 2.46. The molecule has 1 fully saturated rings. The van der Waals surface area contributed by atoms with Crippen LogP contribution in [0.15, 0.2) is 10.5 Å². The zero-order valence-corrected chi connectivity index (χ0v) is 13.7. The molecule has 21 heavy (non-hydrogen) atoms. The van der Waals surface area contributed by atoms with Crippen molar-refractivity contribution in [3.8, 4) is 17.2 Å². The highest BCUT2D eigenvalue weighted by Crippen LogP contribution is 2.52. The predicted octanol–water partition coefficient (Wildman–Crippen LogP) is 3.46. The first-order chi connectivity index (χ1) is 9.97. The molecule has 116 valence electrons. The van der Waals surface area contributed by atoms with Crippen molar-refractivity contribution < 1.29 is 24.5 Å². The molecule has 0 amide bonds. The molecule has 1 saturated carbocycles. The van der Waals surface area contributed by atoms with Gasteiger partial charge >= 0.3 is 5.97 Å². The van der Waals surface area contributed by atoms with Crippen LogP contribution in [-0.2, 0) is 10.2 Å². The molecule has 1 aromatic rings. The van der Waals surface area contributed by atoms with E-state index in [-0.39, 0.29) is 5.75 Å². The van der Waals surface area contributed by atoms with Gasteiger partial charge in [0.15, 0.2) is 11.5 Å². The van der Waals surface area contributed by atoms with Gasteiger partial charge in [0.05, 0.1) is 24.3 Å². The molecule has 2 N–H and O–H groups in total. The fourth-order valence-electron chi connectivity index (χ4n) is 3.12. The van der Waals surface area contributed by atoms with Gasteiger partial charge in [0.25, 0.3) is 0 Å². The van der Waals surface area contributed by atoms with Gasteiger partial charge in [-0.2, -0.15) is 0 Å². The standard InChI is InChI=1S/C15H19BrO5/c1-20-10-8-9(16)12(17)11(13(10)21-2)15(14(18)19)6-4-3-5-7-15/h8,17H,3-7H2,1-2H3,(H,18,19). The molecule has 0 unspecified atom stereocenters. The minimum absolute atomic E-state index is 0.0862. The van der Waals surface area contributed by atoms with Crippen molar-refractivity contribution in [1.29, 1.82) is 0 Å². The lowest BCUT2D eigenvalue weighted by molar-refractivity contribution is -0.145. The van der Waals surface area contributed by atoms with Gasteiger partial charge in [-0.15, -0.1) is 0 Å². The molecule has 1 aliphatic carbocycles. The molecule has 0 heterocycles. The summed E-state index contributed by atoms with van der Waals surface area (Å²) >= 11 is 3.26. The first-order valence-electron chi connectivity index (χ1n) is 6.85. The molecule has 1 aliphatic rings. The number of rotatable bonds is 4. The van der Waals surface area contributed by atoms with Crippen LogP contribution in [0.5, 0.6) is 17.2 Å². The van der Waals surface area contributed by atoms with Crippen LogP contribution in [-0.4, -0.2) is 30.4 Å². The third-order valence-corrected chi connectivity index (χ3v) is 4.80. The van der Waals surface area contributed by atoms with E-state index in [9.17, 15) is 15.0 Å². The molecular formula is C15H19BrO5. The number of halogens is 1. The lowest BCUT2D eigenvalue weighted by Gasteiger charge is -2.35. The zero-order chi connectivity index (χ0) is 15.6. The Hall–Kier alpha value is -1.43. The summed E-state index contributed by atoms with van der Waals surface area (Å²) in [6.07, 6.45) is 3.58. The number of ether oxygens (including phenoxy) is 2. The monoisotopic (exact) mass is 358 g/mol. The van der Waals surface area contributed by atoms with Gasteiger partial charge in [0, 0.05) is 6.07 Å². The quantitative estimate of drug-likeness (QED) is 0.861. The topological polar surface area (TPSA) is 76.0 Å². The van der Waals surface area contributed by atoms with Crippen LogP contribution in [0.2, 0.25) is 0 Å². The summed E-state index contributed by atoms with van der Waals surface area (Å²) in [6.45, 7) is 0. The first-order valence-corrected chi connectivity index (χ1v) is 7.64. The number of hydrogen-bond donors (Lipinski definition) is 2. The number of aromatic hydroxyl groups is 1. The average Bonchev–Trinajstić information content (AvgIpc) is 2.49. The number of aliphatic carboxylic acids is 1. The van der Waals surface area contributed by atoms with Crippen molar-refractivity contribution in [3.05, 3.63) is 16.1 Å². The molecule has 6 heteroatoms. The van der Waals surface area contributed by atoms with Crippen molar-refractivity contribution in [2.45, 2.75) is 37.5 Å². The van der Waals surface area contributed by atoms with Gasteiger partial charge < -0.3 is 19.7 Å². The number of methoxy groups -OCH3 is 2. The van der Waals surface area contributed by atoms with E-state index in [1.807, 2.05) is 0 Å². The summed E-state index contributed by atoms with van der Waals surface area (Å²) in [5.41, 5.74) is -0.825. The number of phenols is 1. The van der Waals surface area contributed by atoms with E-state index in [2.05, 4.69) is 15.9 Å². The van der Waals surface area contributed by atoms with Gasteiger partial charge in [-0.1, -0.05) is 19.3 Å². The molecule has 0 spiro atoms. The van der Waals surface area contributed by atoms with Crippen molar-refractivity contribution in [2.24, 2.45) is 0 Å².